The molecule has 0 aromatic carbocycles. The van der Waals surface area contributed by atoms with Crippen molar-refractivity contribution >= 4 is 5.57 Å². The van der Waals surface area contributed by atoms with Crippen molar-refractivity contribution in [3.8, 4) is 0 Å². The molecule has 0 spiro atoms. The Morgan fingerprint density at radius 2 is 2.06 bits per heavy atom. The molecule has 90 valence electrons. The summed E-state index contributed by atoms with van der Waals surface area (Å²) < 4.78 is 38.1. The maximum Gasteiger partial charge on any atom is 0.414 e. The molecule has 1 aliphatic heterocycles. The predicted molar refractivity (Wildman–Crippen MR) is 56.7 cm³/mol. The number of nitrogens with one attached hydrogen (secondary N) is 1. The number of halogens is 3. The number of alkyl halides is 3. The summed E-state index contributed by atoms with van der Waals surface area (Å²) in [4.78, 5) is 7.79. The van der Waals surface area contributed by atoms with Crippen LogP contribution in [0.15, 0.2) is 36.4 Å². The lowest BCUT2D eigenvalue weighted by molar-refractivity contribution is -0.0958. The van der Waals surface area contributed by atoms with Gasteiger partial charge in [0.05, 0.1) is 23.5 Å². The fourth-order valence-electron chi connectivity index (χ4n) is 1.56. The zero-order valence-electron chi connectivity index (χ0n) is 8.99. The molecule has 0 saturated carbocycles. The molecular formula is C11H10F3N3. The van der Waals surface area contributed by atoms with E-state index >= 15 is 0 Å². The highest BCUT2D eigenvalue weighted by Gasteiger charge is 2.38. The molecule has 0 bridgehead atoms. The molecule has 2 rings (SSSR count). The Morgan fingerprint density at radius 1 is 1.29 bits per heavy atom. The minimum atomic E-state index is -4.34. The first kappa shape index (κ1) is 11.6. The topological polar surface area (TPSA) is 37.8 Å². The van der Waals surface area contributed by atoms with Gasteiger partial charge in [0.2, 0.25) is 0 Å². The van der Waals surface area contributed by atoms with Crippen molar-refractivity contribution in [2.75, 3.05) is 0 Å². The molecule has 6 heteroatoms. The number of allylic oxidation sites excluding steroid dienone is 2. The molecule has 0 radical (unpaired) electrons. The smallest absolute Gasteiger partial charge is 0.384 e. The summed E-state index contributed by atoms with van der Waals surface area (Å²) in [7, 11) is 0. The summed E-state index contributed by atoms with van der Waals surface area (Å²) in [6.45, 7) is 1.46. The Morgan fingerprint density at radius 3 is 2.65 bits per heavy atom. The van der Waals surface area contributed by atoms with E-state index in [2.05, 4.69) is 15.3 Å². The van der Waals surface area contributed by atoms with Crippen LogP contribution in [0, 0.1) is 0 Å². The van der Waals surface area contributed by atoms with Gasteiger partial charge in [-0.05, 0) is 13.0 Å². The van der Waals surface area contributed by atoms with Crippen LogP contribution in [0.1, 0.15) is 12.6 Å². The highest BCUT2D eigenvalue weighted by Crippen LogP contribution is 2.32. The fraction of sp³-hybridized carbons (Fsp3) is 0.273. The van der Waals surface area contributed by atoms with Gasteiger partial charge in [-0.2, -0.15) is 13.2 Å². The minimum Gasteiger partial charge on any atom is -0.384 e. The van der Waals surface area contributed by atoms with E-state index in [0.29, 0.717) is 11.3 Å². The van der Waals surface area contributed by atoms with Crippen LogP contribution in [0.3, 0.4) is 0 Å². The van der Waals surface area contributed by atoms with E-state index in [1.54, 1.807) is 0 Å². The van der Waals surface area contributed by atoms with Crippen molar-refractivity contribution in [1.82, 2.24) is 15.3 Å². The predicted octanol–water partition coefficient (Wildman–Crippen LogP) is 2.30. The molecule has 3 nitrogen and oxygen atoms in total. The number of aromatic nitrogens is 2. The summed E-state index contributed by atoms with van der Waals surface area (Å²) in [5, 5.41) is 2.67. The molecule has 0 fully saturated rings. The summed E-state index contributed by atoms with van der Waals surface area (Å²) >= 11 is 0. The van der Waals surface area contributed by atoms with Gasteiger partial charge < -0.3 is 5.32 Å². The first-order valence-electron chi connectivity index (χ1n) is 5.00. The first-order chi connectivity index (χ1) is 7.98. The van der Waals surface area contributed by atoms with Crippen LogP contribution in [-0.4, -0.2) is 22.2 Å². The lowest BCUT2D eigenvalue weighted by Gasteiger charge is -2.23. The van der Waals surface area contributed by atoms with Crippen LogP contribution >= 0.6 is 0 Å². The van der Waals surface area contributed by atoms with Gasteiger partial charge in [-0.1, -0.05) is 0 Å². The number of nitrogens with zero attached hydrogens (tertiary/aromatic N) is 2. The Balaban J connectivity index is 2.37. The highest BCUT2D eigenvalue weighted by atomic mass is 19.4. The van der Waals surface area contributed by atoms with E-state index in [4.69, 9.17) is 0 Å². The number of hydrogen-bond acceptors (Lipinski definition) is 3. The average Bonchev–Trinajstić information content (AvgIpc) is 2.29. The quantitative estimate of drug-likeness (QED) is 0.819. The summed E-state index contributed by atoms with van der Waals surface area (Å²) in [5.74, 6) is 0. The summed E-state index contributed by atoms with van der Waals surface area (Å²) in [6, 6.07) is -0.754. The number of rotatable bonds is 1. The Bertz CT molecular complexity index is 463. The van der Waals surface area contributed by atoms with E-state index in [-0.39, 0.29) is 0 Å². The van der Waals surface area contributed by atoms with Crippen LogP contribution in [0.2, 0.25) is 0 Å². The van der Waals surface area contributed by atoms with Gasteiger partial charge in [-0.25, -0.2) is 0 Å². The Labute approximate surface area is 96.1 Å². The molecule has 1 unspecified atom stereocenters. The lowest BCUT2D eigenvalue weighted by Crippen LogP contribution is -2.33. The van der Waals surface area contributed by atoms with E-state index in [1.165, 1.54) is 31.7 Å². The molecule has 1 atom stereocenters. The van der Waals surface area contributed by atoms with E-state index in [1.807, 2.05) is 0 Å². The molecule has 0 saturated heterocycles. The van der Waals surface area contributed by atoms with Crippen LogP contribution in [-0.2, 0) is 0 Å². The molecule has 1 aliphatic rings. The number of hydrogen-bond donors (Lipinski definition) is 1. The van der Waals surface area contributed by atoms with Crippen molar-refractivity contribution in [3.63, 3.8) is 0 Å². The standard InChI is InChI=1S/C11H10F3N3/c1-7-9(11(12,13)14)4-8(5-17-7)10-6-15-2-3-16-10/h2-7,17H,1H3. The molecule has 17 heavy (non-hydrogen) atoms. The number of dihydropyridines is 1. The van der Waals surface area contributed by atoms with E-state index in [0.717, 1.165) is 6.08 Å². The normalized spacial score (nSPS) is 20.4. The molecule has 1 aromatic heterocycles. The van der Waals surface area contributed by atoms with Crippen LogP contribution in [0.5, 0.6) is 0 Å². The minimum absolute atomic E-state index is 0.378. The second-order valence-electron chi connectivity index (χ2n) is 3.68. The first-order valence-corrected chi connectivity index (χ1v) is 5.00. The fourth-order valence-corrected chi connectivity index (χ4v) is 1.56. The monoisotopic (exact) mass is 241 g/mol. The van der Waals surface area contributed by atoms with Crippen molar-refractivity contribution in [2.45, 2.75) is 19.1 Å². The van der Waals surface area contributed by atoms with Crippen molar-refractivity contribution < 1.29 is 13.2 Å². The van der Waals surface area contributed by atoms with E-state index in [9.17, 15) is 13.2 Å². The zero-order chi connectivity index (χ0) is 12.5. The third-order valence-corrected chi connectivity index (χ3v) is 2.45. The van der Waals surface area contributed by atoms with Crippen LogP contribution in [0.25, 0.3) is 5.57 Å². The van der Waals surface area contributed by atoms with Gasteiger partial charge in [0.1, 0.15) is 0 Å². The largest absolute Gasteiger partial charge is 0.414 e. The molecule has 1 N–H and O–H groups in total. The average molecular weight is 241 g/mol. The van der Waals surface area contributed by atoms with Crippen molar-refractivity contribution in [2.24, 2.45) is 0 Å². The van der Waals surface area contributed by atoms with Crippen LogP contribution in [0.4, 0.5) is 13.2 Å². The van der Waals surface area contributed by atoms with Gasteiger partial charge in [-0.15, -0.1) is 0 Å². The Hall–Kier alpha value is -1.85. The summed E-state index contributed by atoms with van der Waals surface area (Å²) in [6.07, 6.45) is 2.61. The maximum absolute atomic E-state index is 12.7. The van der Waals surface area contributed by atoms with E-state index < -0.39 is 17.8 Å². The van der Waals surface area contributed by atoms with Gasteiger partial charge in [0, 0.05) is 24.2 Å². The van der Waals surface area contributed by atoms with Gasteiger partial charge in [0.25, 0.3) is 0 Å². The third kappa shape index (κ3) is 2.46. The summed E-state index contributed by atoms with van der Waals surface area (Å²) in [5.41, 5.74) is 0.179. The molecule has 0 amide bonds. The maximum atomic E-state index is 12.7. The molecule has 1 aromatic rings. The molecule has 0 aliphatic carbocycles. The third-order valence-electron chi connectivity index (χ3n) is 2.45. The lowest BCUT2D eigenvalue weighted by atomic mass is 10.0. The molecule has 2 heterocycles. The Kier molecular flexibility index (Phi) is 2.87. The van der Waals surface area contributed by atoms with Crippen molar-refractivity contribution in [3.05, 3.63) is 42.1 Å². The highest BCUT2D eigenvalue weighted by molar-refractivity contribution is 5.73. The van der Waals surface area contributed by atoms with Gasteiger partial charge in [-0.3, -0.25) is 9.97 Å². The van der Waals surface area contributed by atoms with Gasteiger partial charge >= 0.3 is 6.18 Å². The second-order valence-corrected chi connectivity index (χ2v) is 3.68. The second kappa shape index (κ2) is 4.20. The SMILES string of the molecule is CC1NC=C(c2cnccn2)C=C1C(F)(F)F. The molecular weight excluding hydrogens is 231 g/mol. The van der Waals surface area contributed by atoms with Crippen LogP contribution < -0.4 is 5.32 Å². The van der Waals surface area contributed by atoms with Gasteiger partial charge in [0.15, 0.2) is 0 Å². The zero-order valence-corrected chi connectivity index (χ0v) is 8.99. The van der Waals surface area contributed by atoms with Crippen molar-refractivity contribution in [1.29, 1.82) is 0 Å².